The van der Waals surface area contributed by atoms with Crippen molar-refractivity contribution in [3.63, 3.8) is 0 Å². The fraction of sp³-hybridized carbons (Fsp3) is 0. The van der Waals surface area contributed by atoms with Crippen molar-refractivity contribution < 1.29 is 9.90 Å². The largest absolute Gasteiger partial charge is 0.505 e. The summed E-state index contributed by atoms with van der Waals surface area (Å²) in [5.41, 5.74) is 0.727. The number of hydrogen-bond donors (Lipinski definition) is 1. The molecular formula is C13H7Cl3O2. The van der Waals surface area contributed by atoms with Gasteiger partial charge in [0, 0.05) is 16.1 Å². The minimum absolute atomic E-state index is 0.0351. The maximum absolute atomic E-state index is 12.2. The number of benzene rings is 2. The first-order valence-corrected chi connectivity index (χ1v) is 6.10. The predicted molar refractivity (Wildman–Crippen MR) is 73.0 cm³/mol. The van der Waals surface area contributed by atoms with Gasteiger partial charge >= 0.3 is 0 Å². The molecule has 0 spiro atoms. The van der Waals surface area contributed by atoms with Gasteiger partial charge in [-0.25, -0.2) is 0 Å². The molecule has 5 heteroatoms. The Morgan fingerprint density at radius 3 is 2.11 bits per heavy atom. The van der Waals surface area contributed by atoms with E-state index in [9.17, 15) is 9.90 Å². The number of aromatic hydroxyl groups is 1. The van der Waals surface area contributed by atoms with Crippen LogP contribution >= 0.6 is 34.8 Å². The molecule has 0 aliphatic rings. The smallest absolute Gasteiger partial charge is 0.193 e. The molecule has 0 fully saturated rings. The van der Waals surface area contributed by atoms with Gasteiger partial charge in [-0.05, 0) is 24.3 Å². The number of phenols is 1. The third-order valence-corrected chi connectivity index (χ3v) is 3.18. The maximum atomic E-state index is 12.2. The second kappa shape index (κ2) is 5.19. The van der Waals surface area contributed by atoms with Crippen LogP contribution < -0.4 is 0 Å². The van der Waals surface area contributed by atoms with E-state index in [0.717, 1.165) is 0 Å². The van der Waals surface area contributed by atoms with Crippen LogP contribution in [0.5, 0.6) is 5.75 Å². The van der Waals surface area contributed by atoms with Gasteiger partial charge in [0.2, 0.25) is 0 Å². The molecule has 0 saturated heterocycles. The number of halogens is 3. The summed E-state index contributed by atoms with van der Waals surface area (Å²) in [6.07, 6.45) is 0. The average Bonchev–Trinajstić information content (AvgIpc) is 2.34. The van der Waals surface area contributed by atoms with E-state index in [2.05, 4.69) is 0 Å². The molecule has 18 heavy (non-hydrogen) atoms. The number of carbonyl (C=O) groups is 1. The molecule has 2 rings (SSSR count). The Balaban J connectivity index is 2.47. The van der Waals surface area contributed by atoms with Crippen LogP contribution in [0, 0.1) is 0 Å². The first-order chi connectivity index (χ1) is 8.49. The maximum Gasteiger partial charge on any atom is 0.193 e. The first kappa shape index (κ1) is 13.2. The fourth-order valence-corrected chi connectivity index (χ4v) is 2.17. The molecule has 0 bridgehead atoms. The average molecular weight is 302 g/mol. The van der Waals surface area contributed by atoms with E-state index < -0.39 is 0 Å². The highest BCUT2D eigenvalue weighted by Crippen LogP contribution is 2.33. The van der Waals surface area contributed by atoms with Gasteiger partial charge in [-0.2, -0.15) is 0 Å². The summed E-state index contributed by atoms with van der Waals surface area (Å²) in [7, 11) is 0. The van der Waals surface area contributed by atoms with E-state index in [-0.39, 0.29) is 21.6 Å². The van der Waals surface area contributed by atoms with Crippen molar-refractivity contribution in [2.75, 3.05) is 0 Å². The molecule has 2 aromatic carbocycles. The molecule has 0 unspecified atom stereocenters. The molecule has 0 heterocycles. The minimum atomic E-state index is -0.263. The summed E-state index contributed by atoms with van der Waals surface area (Å²) in [4.78, 5) is 12.2. The summed E-state index contributed by atoms with van der Waals surface area (Å²) < 4.78 is 0. The molecule has 0 aliphatic carbocycles. The van der Waals surface area contributed by atoms with Crippen LogP contribution in [0.2, 0.25) is 15.1 Å². The topological polar surface area (TPSA) is 37.3 Å². The molecule has 0 aliphatic heterocycles. The van der Waals surface area contributed by atoms with Gasteiger partial charge in [0.15, 0.2) is 11.5 Å². The molecule has 0 radical (unpaired) electrons. The van der Waals surface area contributed by atoms with Crippen molar-refractivity contribution in [1.29, 1.82) is 0 Å². The molecule has 0 atom stereocenters. The van der Waals surface area contributed by atoms with Crippen molar-refractivity contribution >= 4 is 40.6 Å². The summed E-state index contributed by atoms with van der Waals surface area (Å²) >= 11 is 17.4. The van der Waals surface area contributed by atoms with Gasteiger partial charge in [-0.15, -0.1) is 0 Å². The summed E-state index contributed by atoms with van der Waals surface area (Å²) in [6.45, 7) is 0. The van der Waals surface area contributed by atoms with E-state index in [4.69, 9.17) is 34.8 Å². The Morgan fingerprint density at radius 2 is 1.56 bits per heavy atom. The number of ketones is 1. The first-order valence-electron chi connectivity index (χ1n) is 4.97. The highest BCUT2D eigenvalue weighted by Gasteiger charge is 2.14. The third-order valence-electron chi connectivity index (χ3n) is 2.37. The normalized spacial score (nSPS) is 10.4. The standard InChI is InChI=1S/C13H7Cl3O2/c14-9-3-1-2-7(4-9)12(17)8-5-10(15)13(18)11(16)6-8/h1-6,18H. The van der Waals surface area contributed by atoms with E-state index in [1.165, 1.54) is 12.1 Å². The van der Waals surface area contributed by atoms with Crippen molar-refractivity contribution in [2.45, 2.75) is 0 Å². The second-order valence-corrected chi connectivity index (χ2v) is 4.88. The number of phenolic OH excluding ortho intramolecular Hbond substituents is 1. The third kappa shape index (κ3) is 2.61. The lowest BCUT2D eigenvalue weighted by atomic mass is 10.0. The van der Waals surface area contributed by atoms with Gasteiger partial charge in [0.25, 0.3) is 0 Å². The molecule has 92 valence electrons. The Morgan fingerprint density at radius 1 is 0.944 bits per heavy atom. The van der Waals surface area contributed by atoms with E-state index in [1.54, 1.807) is 24.3 Å². The van der Waals surface area contributed by atoms with Crippen LogP contribution in [-0.4, -0.2) is 10.9 Å². The number of carbonyl (C=O) groups excluding carboxylic acids is 1. The van der Waals surface area contributed by atoms with E-state index in [1.807, 2.05) is 0 Å². The van der Waals surface area contributed by atoms with Gasteiger partial charge < -0.3 is 5.11 Å². The molecule has 2 aromatic rings. The summed E-state index contributed by atoms with van der Waals surface area (Å²) in [5, 5.41) is 9.97. The van der Waals surface area contributed by atoms with Gasteiger partial charge in [0.1, 0.15) is 0 Å². The Hall–Kier alpha value is -1.22. The Kier molecular flexibility index (Phi) is 3.81. The van der Waals surface area contributed by atoms with Crippen LogP contribution in [0.25, 0.3) is 0 Å². The molecular weight excluding hydrogens is 294 g/mol. The second-order valence-electron chi connectivity index (χ2n) is 3.63. The van der Waals surface area contributed by atoms with Crippen molar-refractivity contribution in [2.24, 2.45) is 0 Å². The van der Waals surface area contributed by atoms with Gasteiger partial charge in [0.05, 0.1) is 10.0 Å². The van der Waals surface area contributed by atoms with E-state index in [0.29, 0.717) is 16.1 Å². The molecule has 0 aromatic heterocycles. The van der Waals surface area contributed by atoms with E-state index >= 15 is 0 Å². The Bertz CT molecular complexity index is 600. The fourth-order valence-electron chi connectivity index (χ4n) is 1.49. The van der Waals surface area contributed by atoms with Crippen LogP contribution in [0.3, 0.4) is 0 Å². The summed E-state index contributed by atoms with van der Waals surface area (Å²) in [5.74, 6) is -0.498. The zero-order valence-corrected chi connectivity index (χ0v) is 11.2. The predicted octanol–water partition coefficient (Wildman–Crippen LogP) is 4.58. The highest BCUT2D eigenvalue weighted by atomic mass is 35.5. The van der Waals surface area contributed by atoms with Crippen molar-refractivity contribution in [3.8, 4) is 5.75 Å². The van der Waals surface area contributed by atoms with Crippen molar-refractivity contribution in [1.82, 2.24) is 0 Å². The Labute approximate surface area is 119 Å². The lowest BCUT2D eigenvalue weighted by molar-refractivity contribution is 0.103. The van der Waals surface area contributed by atoms with Crippen LogP contribution in [0.15, 0.2) is 36.4 Å². The highest BCUT2D eigenvalue weighted by molar-refractivity contribution is 6.38. The molecule has 0 amide bonds. The molecule has 2 nitrogen and oxygen atoms in total. The lowest BCUT2D eigenvalue weighted by Crippen LogP contribution is -2.01. The monoisotopic (exact) mass is 300 g/mol. The lowest BCUT2D eigenvalue weighted by Gasteiger charge is -2.05. The van der Waals surface area contributed by atoms with Crippen molar-refractivity contribution in [3.05, 3.63) is 62.6 Å². The van der Waals surface area contributed by atoms with Crippen LogP contribution in [-0.2, 0) is 0 Å². The van der Waals surface area contributed by atoms with Crippen LogP contribution in [0.1, 0.15) is 15.9 Å². The zero-order chi connectivity index (χ0) is 13.3. The SMILES string of the molecule is O=C(c1cccc(Cl)c1)c1cc(Cl)c(O)c(Cl)c1. The number of rotatable bonds is 2. The summed E-state index contributed by atoms with van der Waals surface area (Å²) in [6, 6.07) is 9.29. The number of hydrogen-bond acceptors (Lipinski definition) is 2. The molecule has 0 saturated carbocycles. The molecule has 1 N–H and O–H groups in total. The quantitative estimate of drug-likeness (QED) is 0.824. The van der Waals surface area contributed by atoms with Gasteiger partial charge in [-0.3, -0.25) is 4.79 Å². The zero-order valence-electron chi connectivity index (χ0n) is 8.95. The van der Waals surface area contributed by atoms with Crippen LogP contribution in [0.4, 0.5) is 0 Å². The van der Waals surface area contributed by atoms with Gasteiger partial charge in [-0.1, -0.05) is 46.9 Å². The minimum Gasteiger partial charge on any atom is -0.505 e.